The van der Waals surface area contributed by atoms with Gasteiger partial charge >= 0.3 is 0 Å². The molecule has 1 amide bonds. The fraction of sp³-hybridized carbons (Fsp3) is 0.538. The van der Waals surface area contributed by atoms with Crippen LogP contribution in [-0.2, 0) is 0 Å². The maximum Gasteiger partial charge on any atom is 0.254 e. The Morgan fingerprint density at radius 2 is 2.44 bits per heavy atom. The Morgan fingerprint density at radius 3 is 3.17 bits per heavy atom. The molecule has 5 heteroatoms. The van der Waals surface area contributed by atoms with Gasteiger partial charge in [0.25, 0.3) is 5.91 Å². The molecule has 1 heterocycles. The summed E-state index contributed by atoms with van der Waals surface area (Å²) in [6.45, 7) is 2.18. The smallest absolute Gasteiger partial charge is 0.254 e. The summed E-state index contributed by atoms with van der Waals surface area (Å²) < 4.78 is 0.611. The highest BCUT2D eigenvalue weighted by atomic mass is 79.9. The topological polar surface area (TPSA) is 42.0 Å². The zero-order valence-electron chi connectivity index (χ0n) is 10.4. The third kappa shape index (κ3) is 3.48. The number of carbonyl (C=O) groups excluding carboxylic acids is 1. The highest BCUT2D eigenvalue weighted by Gasteiger charge is 2.26. The second kappa shape index (κ2) is 6.57. The minimum Gasteiger partial charge on any atom is -0.349 e. The first-order valence-corrected chi connectivity index (χ1v) is 8.08. The van der Waals surface area contributed by atoms with Gasteiger partial charge in [0, 0.05) is 17.5 Å². The normalized spacial score (nSPS) is 23.0. The van der Waals surface area contributed by atoms with Gasteiger partial charge in [-0.2, -0.15) is 11.8 Å². The molecule has 1 aromatic heterocycles. The average molecular weight is 329 g/mol. The fourth-order valence-corrected chi connectivity index (χ4v) is 3.85. The van der Waals surface area contributed by atoms with E-state index in [4.69, 9.17) is 0 Å². The molecule has 98 valence electrons. The number of hydrogen-bond donors (Lipinski definition) is 1. The van der Waals surface area contributed by atoms with Crippen molar-refractivity contribution in [2.24, 2.45) is 0 Å². The van der Waals surface area contributed by atoms with Gasteiger partial charge in [0.2, 0.25) is 0 Å². The molecule has 1 N–H and O–H groups in total. The summed E-state index contributed by atoms with van der Waals surface area (Å²) in [5.74, 6) is 1.13. The molecule has 1 aliphatic rings. The second-order valence-electron chi connectivity index (χ2n) is 4.40. The fourth-order valence-electron chi connectivity index (χ4n) is 2.28. The lowest BCUT2D eigenvalue weighted by atomic mass is 10.2. The number of thioether (sulfide) groups is 1. The van der Waals surface area contributed by atoms with Gasteiger partial charge < -0.3 is 5.32 Å². The Hall–Kier alpha value is -0.550. The first kappa shape index (κ1) is 13.9. The predicted molar refractivity (Wildman–Crippen MR) is 79.0 cm³/mol. The zero-order chi connectivity index (χ0) is 13.0. The zero-order valence-corrected chi connectivity index (χ0v) is 12.8. The number of nitrogens with one attached hydrogen (secondary N) is 1. The van der Waals surface area contributed by atoms with Crippen molar-refractivity contribution in [3.05, 3.63) is 28.5 Å². The average Bonchev–Trinajstić information content (AvgIpc) is 2.77. The van der Waals surface area contributed by atoms with Gasteiger partial charge in [0.15, 0.2) is 0 Å². The SMILES string of the molecule is CCSC1CCC(NC(=O)c2cccnc2Br)C1. The summed E-state index contributed by atoms with van der Waals surface area (Å²) in [7, 11) is 0. The summed E-state index contributed by atoms with van der Waals surface area (Å²) in [5.41, 5.74) is 0.615. The molecule has 1 fully saturated rings. The van der Waals surface area contributed by atoms with E-state index in [0.717, 1.165) is 18.6 Å². The number of hydrogen-bond acceptors (Lipinski definition) is 3. The number of carbonyl (C=O) groups is 1. The number of amides is 1. The van der Waals surface area contributed by atoms with Crippen molar-refractivity contribution in [1.82, 2.24) is 10.3 Å². The van der Waals surface area contributed by atoms with Crippen LogP contribution in [0.4, 0.5) is 0 Å². The van der Waals surface area contributed by atoms with E-state index >= 15 is 0 Å². The number of nitrogens with zero attached hydrogens (tertiary/aromatic N) is 1. The highest BCUT2D eigenvalue weighted by molar-refractivity contribution is 9.10. The molecule has 3 nitrogen and oxygen atoms in total. The van der Waals surface area contributed by atoms with Crippen LogP contribution in [0.2, 0.25) is 0 Å². The van der Waals surface area contributed by atoms with E-state index in [1.807, 2.05) is 11.8 Å². The summed E-state index contributed by atoms with van der Waals surface area (Å²) in [6, 6.07) is 3.89. The molecule has 1 saturated carbocycles. The van der Waals surface area contributed by atoms with Crippen LogP contribution < -0.4 is 5.32 Å². The van der Waals surface area contributed by atoms with Gasteiger partial charge in [0.1, 0.15) is 4.60 Å². The standard InChI is InChI=1S/C13H17BrN2OS/c1-2-18-10-6-5-9(8-10)16-13(17)11-4-3-7-15-12(11)14/h3-4,7,9-10H,2,5-6,8H2,1H3,(H,16,17). The maximum atomic E-state index is 12.1. The lowest BCUT2D eigenvalue weighted by Crippen LogP contribution is -2.33. The lowest BCUT2D eigenvalue weighted by molar-refractivity contribution is 0.0937. The van der Waals surface area contributed by atoms with Gasteiger partial charge in [-0.05, 0) is 53.1 Å². The summed E-state index contributed by atoms with van der Waals surface area (Å²) in [5, 5.41) is 3.81. The second-order valence-corrected chi connectivity index (χ2v) is 6.73. The summed E-state index contributed by atoms with van der Waals surface area (Å²) in [6.07, 6.45) is 5.05. The molecule has 2 atom stereocenters. The number of aromatic nitrogens is 1. The largest absolute Gasteiger partial charge is 0.349 e. The monoisotopic (exact) mass is 328 g/mol. The molecule has 0 aromatic carbocycles. The van der Waals surface area contributed by atoms with Crippen molar-refractivity contribution >= 4 is 33.6 Å². The lowest BCUT2D eigenvalue weighted by Gasteiger charge is -2.13. The van der Waals surface area contributed by atoms with E-state index < -0.39 is 0 Å². The van der Waals surface area contributed by atoms with E-state index in [1.54, 1.807) is 18.3 Å². The Morgan fingerprint density at radius 1 is 1.61 bits per heavy atom. The molecule has 0 aliphatic heterocycles. The molecule has 18 heavy (non-hydrogen) atoms. The van der Waals surface area contributed by atoms with Gasteiger partial charge in [-0.1, -0.05) is 6.92 Å². The van der Waals surface area contributed by atoms with E-state index in [2.05, 4.69) is 33.2 Å². The van der Waals surface area contributed by atoms with E-state index in [0.29, 0.717) is 21.5 Å². The molecule has 1 aromatic rings. The number of halogens is 1. The van der Waals surface area contributed by atoms with Crippen LogP contribution in [0.25, 0.3) is 0 Å². The third-order valence-electron chi connectivity index (χ3n) is 3.13. The Labute approximate surface area is 120 Å². The summed E-state index contributed by atoms with van der Waals surface area (Å²) in [4.78, 5) is 16.2. The molecular weight excluding hydrogens is 312 g/mol. The quantitative estimate of drug-likeness (QED) is 0.862. The molecule has 0 bridgehead atoms. The molecule has 0 saturated heterocycles. The van der Waals surface area contributed by atoms with Crippen molar-refractivity contribution in [2.75, 3.05) is 5.75 Å². The van der Waals surface area contributed by atoms with Crippen LogP contribution in [0.5, 0.6) is 0 Å². The van der Waals surface area contributed by atoms with Gasteiger partial charge in [-0.3, -0.25) is 4.79 Å². The third-order valence-corrected chi connectivity index (χ3v) is 4.99. The molecule has 0 spiro atoms. The van der Waals surface area contributed by atoms with E-state index in [1.165, 1.54) is 6.42 Å². The predicted octanol–water partition coefficient (Wildman–Crippen LogP) is 3.25. The highest BCUT2D eigenvalue weighted by Crippen LogP contribution is 2.29. The molecule has 2 unspecified atom stereocenters. The van der Waals surface area contributed by atoms with Gasteiger partial charge in [0.05, 0.1) is 5.56 Å². The molecule has 2 rings (SSSR count). The maximum absolute atomic E-state index is 12.1. The van der Waals surface area contributed by atoms with Crippen LogP contribution in [0.3, 0.4) is 0 Å². The van der Waals surface area contributed by atoms with Crippen molar-refractivity contribution in [3.8, 4) is 0 Å². The first-order chi connectivity index (χ1) is 8.70. The van der Waals surface area contributed by atoms with Crippen molar-refractivity contribution in [1.29, 1.82) is 0 Å². The molecular formula is C13H17BrN2OS. The minimum absolute atomic E-state index is 0.0258. The van der Waals surface area contributed by atoms with Crippen LogP contribution in [0, 0.1) is 0 Å². The number of pyridine rings is 1. The van der Waals surface area contributed by atoms with Crippen LogP contribution in [0.15, 0.2) is 22.9 Å². The van der Waals surface area contributed by atoms with Crippen molar-refractivity contribution in [3.63, 3.8) is 0 Å². The van der Waals surface area contributed by atoms with Crippen LogP contribution >= 0.6 is 27.7 Å². The van der Waals surface area contributed by atoms with E-state index in [9.17, 15) is 4.79 Å². The van der Waals surface area contributed by atoms with Crippen molar-refractivity contribution < 1.29 is 4.79 Å². The summed E-state index contributed by atoms with van der Waals surface area (Å²) >= 11 is 5.30. The van der Waals surface area contributed by atoms with Crippen LogP contribution in [-0.4, -0.2) is 27.9 Å². The van der Waals surface area contributed by atoms with Gasteiger partial charge in [-0.25, -0.2) is 4.98 Å². The number of rotatable bonds is 4. The van der Waals surface area contributed by atoms with Crippen molar-refractivity contribution in [2.45, 2.75) is 37.5 Å². The first-order valence-electron chi connectivity index (χ1n) is 6.23. The Kier molecular flexibility index (Phi) is 5.06. The van der Waals surface area contributed by atoms with E-state index in [-0.39, 0.29) is 5.91 Å². The van der Waals surface area contributed by atoms with Crippen LogP contribution in [0.1, 0.15) is 36.5 Å². The Bertz CT molecular complexity index is 427. The molecule has 0 radical (unpaired) electrons. The molecule has 1 aliphatic carbocycles. The minimum atomic E-state index is -0.0258. The Balaban J connectivity index is 1.91. The van der Waals surface area contributed by atoms with Gasteiger partial charge in [-0.15, -0.1) is 0 Å².